The van der Waals surface area contributed by atoms with E-state index >= 15 is 0 Å². The predicted molar refractivity (Wildman–Crippen MR) is 73.6 cm³/mol. The number of carbonyl (C=O) groups excluding carboxylic acids is 1. The van der Waals surface area contributed by atoms with Crippen LogP contribution in [0.1, 0.15) is 27.2 Å². The summed E-state index contributed by atoms with van der Waals surface area (Å²) in [5.74, 6) is -0.0871. The van der Waals surface area contributed by atoms with Gasteiger partial charge in [0.2, 0.25) is 5.91 Å². The van der Waals surface area contributed by atoms with Gasteiger partial charge >= 0.3 is 0 Å². The van der Waals surface area contributed by atoms with E-state index < -0.39 is 21.0 Å². The topological polar surface area (TPSA) is 86.7 Å². The molecular formula is C12H24N2O4S. The maximum atomic E-state index is 11.9. The molecule has 1 fully saturated rings. The van der Waals surface area contributed by atoms with Crippen LogP contribution in [0.25, 0.3) is 0 Å². The molecule has 1 aliphatic heterocycles. The fourth-order valence-corrected chi connectivity index (χ4v) is 4.54. The lowest BCUT2D eigenvalue weighted by Gasteiger charge is -2.28. The van der Waals surface area contributed by atoms with Crippen molar-refractivity contribution in [1.82, 2.24) is 10.2 Å². The molecule has 1 heterocycles. The lowest BCUT2D eigenvalue weighted by atomic mass is 10.0. The highest BCUT2D eigenvalue weighted by Gasteiger charge is 2.39. The fraction of sp³-hybridized carbons (Fsp3) is 0.917. The zero-order valence-electron chi connectivity index (χ0n) is 12.1. The standard InChI is InChI=1S/C12H24N2O4S/c1-11(2,16)8-14(4)7-10(15)13-12(3)5-6-19(17,18)9-12/h16H,5-9H2,1-4H3,(H,13,15). The predicted octanol–water partition coefficient (Wildman–Crippen LogP) is -0.617. The lowest BCUT2D eigenvalue weighted by Crippen LogP contribution is -2.51. The SMILES string of the molecule is CN(CC(=O)NC1(C)CCS(=O)(=O)C1)CC(C)(C)O. The first-order valence-electron chi connectivity index (χ1n) is 6.33. The van der Waals surface area contributed by atoms with Crippen molar-refractivity contribution in [2.45, 2.75) is 38.3 Å². The van der Waals surface area contributed by atoms with Gasteiger partial charge in [-0.25, -0.2) is 8.42 Å². The molecule has 1 aliphatic rings. The van der Waals surface area contributed by atoms with Gasteiger partial charge in [0.15, 0.2) is 9.84 Å². The molecule has 1 amide bonds. The molecule has 0 bridgehead atoms. The van der Waals surface area contributed by atoms with Crippen LogP contribution in [0.3, 0.4) is 0 Å². The third kappa shape index (κ3) is 5.88. The van der Waals surface area contributed by atoms with Crippen molar-refractivity contribution in [2.75, 3.05) is 31.6 Å². The number of hydrogen-bond acceptors (Lipinski definition) is 5. The van der Waals surface area contributed by atoms with Gasteiger partial charge in [-0.2, -0.15) is 0 Å². The number of aliphatic hydroxyl groups is 1. The highest BCUT2D eigenvalue weighted by molar-refractivity contribution is 7.91. The zero-order valence-corrected chi connectivity index (χ0v) is 12.9. The first-order chi connectivity index (χ1) is 8.41. The van der Waals surface area contributed by atoms with Gasteiger partial charge in [-0.05, 0) is 34.2 Å². The van der Waals surface area contributed by atoms with Crippen molar-refractivity contribution in [1.29, 1.82) is 0 Å². The Morgan fingerprint density at radius 1 is 1.47 bits per heavy atom. The van der Waals surface area contributed by atoms with E-state index in [1.807, 2.05) is 0 Å². The van der Waals surface area contributed by atoms with Gasteiger partial charge in [-0.15, -0.1) is 0 Å². The van der Waals surface area contributed by atoms with Crippen molar-refractivity contribution in [3.05, 3.63) is 0 Å². The number of sulfone groups is 1. The Morgan fingerprint density at radius 2 is 2.05 bits per heavy atom. The molecule has 0 aromatic carbocycles. The van der Waals surface area contributed by atoms with Gasteiger partial charge in [0.1, 0.15) is 0 Å². The molecule has 0 aromatic heterocycles. The van der Waals surface area contributed by atoms with E-state index in [-0.39, 0.29) is 24.0 Å². The molecule has 0 saturated carbocycles. The third-order valence-electron chi connectivity index (χ3n) is 3.01. The number of carbonyl (C=O) groups is 1. The number of likely N-dealkylation sites (N-methyl/N-ethyl adjacent to an activating group) is 1. The molecule has 1 unspecified atom stereocenters. The van der Waals surface area contributed by atoms with Crippen LogP contribution < -0.4 is 5.32 Å². The van der Waals surface area contributed by atoms with Crippen LogP contribution in [0.15, 0.2) is 0 Å². The Labute approximate surface area is 115 Å². The van der Waals surface area contributed by atoms with Crippen LogP contribution in [0.4, 0.5) is 0 Å². The minimum absolute atomic E-state index is 0.000940. The molecule has 1 atom stereocenters. The second-order valence-electron chi connectivity index (χ2n) is 6.44. The normalized spacial score (nSPS) is 26.6. The number of rotatable bonds is 5. The van der Waals surface area contributed by atoms with E-state index in [0.29, 0.717) is 13.0 Å². The molecule has 1 saturated heterocycles. The average Bonchev–Trinajstić information content (AvgIpc) is 2.35. The maximum absolute atomic E-state index is 11.9. The first-order valence-corrected chi connectivity index (χ1v) is 8.15. The van der Waals surface area contributed by atoms with Crippen LogP contribution >= 0.6 is 0 Å². The smallest absolute Gasteiger partial charge is 0.234 e. The summed E-state index contributed by atoms with van der Waals surface area (Å²) in [6, 6.07) is 0. The number of amides is 1. The summed E-state index contributed by atoms with van der Waals surface area (Å²) in [5, 5.41) is 12.4. The summed E-state index contributed by atoms with van der Waals surface area (Å²) in [7, 11) is -1.28. The second kappa shape index (κ2) is 5.38. The lowest BCUT2D eigenvalue weighted by molar-refractivity contribution is -0.124. The van der Waals surface area contributed by atoms with Crippen molar-refractivity contribution < 1.29 is 18.3 Å². The first kappa shape index (κ1) is 16.4. The molecule has 0 spiro atoms. The number of hydrogen-bond donors (Lipinski definition) is 2. The fourth-order valence-electron chi connectivity index (χ4n) is 2.45. The molecule has 0 aromatic rings. The summed E-state index contributed by atoms with van der Waals surface area (Å²) >= 11 is 0. The van der Waals surface area contributed by atoms with E-state index in [1.54, 1.807) is 32.7 Å². The quantitative estimate of drug-likeness (QED) is 0.705. The van der Waals surface area contributed by atoms with E-state index in [0.717, 1.165) is 0 Å². The molecular weight excluding hydrogens is 268 g/mol. The van der Waals surface area contributed by atoms with Gasteiger partial charge in [-0.3, -0.25) is 9.69 Å². The Morgan fingerprint density at radius 3 is 2.47 bits per heavy atom. The van der Waals surface area contributed by atoms with Gasteiger partial charge < -0.3 is 10.4 Å². The van der Waals surface area contributed by atoms with Crippen molar-refractivity contribution in [3.8, 4) is 0 Å². The van der Waals surface area contributed by atoms with Gasteiger partial charge in [0, 0.05) is 6.54 Å². The third-order valence-corrected chi connectivity index (χ3v) is 4.92. The Bertz CT molecular complexity index is 441. The highest BCUT2D eigenvalue weighted by atomic mass is 32.2. The van der Waals surface area contributed by atoms with Crippen LogP contribution in [-0.4, -0.2) is 67.1 Å². The molecule has 2 N–H and O–H groups in total. The molecule has 112 valence electrons. The Balaban J connectivity index is 2.48. The van der Waals surface area contributed by atoms with Gasteiger partial charge in [-0.1, -0.05) is 0 Å². The van der Waals surface area contributed by atoms with Gasteiger partial charge in [0.25, 0.3) is 0 Å². The van der Waals surface area contributed by atoms with Crippen molar-refractivity contribution in [2.24, 2.45) is 0 Å². The molecule has 0 aliphatic carbocycles. The zero-order chi connectivity index (χ0) is 14.9. The van der Waals surface area contributed by atoms with Crippen LogP contribution in [-0.2, 0) is 14.6 Å². The molecule has 0 radical (unpaired) electrons. The summed E-state index contributed by atoms with van der Waals surface area (Å²) in [5.41, 5.74) is -1.53. The highest BCUT2D eigenvalue weighted by Crippen LogP contribution is 2.22. The second-order valence-corrected chi connectivity index (χ2v) is 8.62. The molecule has 7 heteroatoms. The largest absolute Gasteiger partial charge is 0.389 e. The van der Waals surface area contributed by atoms with E-state index in [4.69, 9.17) is 0 Å². The summed E-state index contributed by atoms with van der Waals surface area (Å²) in [6.45, 7) is 5.61. The van der Waals surface area contributed by atoms with Crippen LogP contribution in [0.5, 0.6) is 0 Å². The van der Waals surface area contributed by atoms with Crippen molar-refractivity contribution >= 4 is 15.7 Å². The maximum Gasteiger partial charge on any atom is 0.234 e. The van der Waals surface area contributed by atoms with E-state index in [9.17, 15) is 18.3 Å². The monoisotopic (exact) mass is 292 g/mol. The Hall–Kier alpha value is -0.660. The molecule has 19 heavy (non-hydrogen) atoms. The van der Waals surface area contributed by atoms with E-state index in [1.165, 1.54) is 0 Å². The number of nitrogens with one attached hydrogen (secondary N) is 1. The minimum atomic E-state index is -3.03. The van der Waals surface area contributed by atoms with Crippen LogP contribution in [0.2, 0.25) is 0 Å². The summed E-state index contributed by atoms with van der Waals surface area (Å²) in [6.07, 6.45) is 0.455. The van der Waals surface area contributed by atoms with Crippen LogP contribution in [0, 0.1) is 0 Å². The molecule has 6 nitrogen and oxygen atoms in total. The molecule has 1 rings (SSSR count). The van der Waals surface area contributed by atoms with Gasteiger partial charge in [0.05, 0.1) is 29.2 Å². The average molecular weight is 292 g/mol. The van der Waals surface area contributed by atoms with Crippen molar-refractivity contribution in [3.63, 3.8) is 0 Å². The van der Waals surface area contributed by atoms with E-state index in [2.05, 4.69) is 5.32 Å². The minimum Gasteiger partial charge on any atom is -0.389 e. The summed E-state index contributed by atoms with van der Waals surface area (Å²) < 4.78 is 22.9. The Kier molecular flexibility index (Phi) is 4.64. The summed E-state index contributed by atoms with van der Waals surface area (Å²) in [4.78, 5) is 13.6. The number of nitrogens with zero attached hydrogens (tertiary/aromatic N) is 1.